The Morgan fingerprint density at radius 3 is 1.10 bits per heavy atom. The van der Waals surface area contributed by atoms with Gasteiger partial charge in [0.2, 0.25) is 0 Å². The van der Waals surface area contributed by atoms with E-state index < -0.39 is 8.60 Å². The van der Waals surface area contributed by atoms with Crippen LogP contribution in [0.4, 0.5) is 0 Å². The molecule has 5 aromatic rings. The number of rotatable bonds is 6. The molecule has 0 saturated heterocycles. The maximum atomic E-state index is 7.05. The van der Waals surface area contributed by atoms with Crippen LogP contribution in [0.3, 0.4) is 0 Å². The average Bonchev–Trinajstić information content (AvgIpc) is 2.98. The van der Waals surface area contributed by atoms with Crippen molar-refractivity contribution in [3.05, 3.63) is 112 Å². The van der Waals surface area contributed by atoms with Gasteiger partial charge in [-0.2, -0.15) is 0 Å². The summed E-state index contributed by atoms with van der Waals surface area (Å²) in [6.45, 7) is 35.8. The Balaban J connectivity index is 1.69. The van der Waals surface area contributed by atoms with E-state index in [1.54, 1.807) is 0 Å². The van der Waals surface area contributed by atoms with Crippen LogP contribution in [0.15, 0.2) is 78.9 Å². The molecule has 0 N–H and O–H groups in total. The van der Waals surface area contributed by atoms with Crippen molar-refractivity contribution in [3.8, 4) is 17.2 Å². The molecule has 0 unspecified atom stereocenters. The van der Waals surface area contributed by atoms with Crippen molar-refractivity contribution >= 4 is 30.1 Å². The molecule has 0 aliphatic heterocycles. The largest absolute Gasteiger partial charge is 0.530 e. The van der Waals surface area contributed by atoms with Crippen LogP contribution in [-0.2, 0) is 27.1 Å². The molecular weight excluding hydrogens is 643 g/mol. The van der Waals surface area contributed by atoms with Crippen LogP contribution in [0.2, 0.25) is 0 Å². The number of hydrogen-bond donors (Lipinski definition) is 0. The van der Waals surface area contributed by atoms with Gasteiger partial charge in [0.1, 0.15) is 17.2 Å². The van der Waals surface area contributed by atoms with Gasteiger partial charge in [-0.25, -0.2) is 0 Å². The molecule has 0 aliphatic carbocycles. The number of hydrogen-bond acceptors (Lipinski definition) is 3. The van der Waals surface area contributed by atoms with E-state index in [2.05, 4.69) is 190 Å². The Bertz CT molecular complexity index is 1940. The van der Waals surface area contributed by atoms with Crippen molar-refractivity contribution in [2.45, 2.75) is 138 Å². The summed E-state index contributed by atoms with van der Waals surface area (Å²) in [7, 11) is -1.95. The van der Waals surface area contributed by atoms with Crippen molar-refractivity contribution in [3.63, 3.8) is 0 Å². The minimum Gasteiger partial charge on any atom is -0.408 e. The molecule has 0 aliphatic rings. The second-order valence-electron chi connectivity index (χ2n) is 19.6. The molecule has 51 heavy (non-hydrogen) atoms. The maximum absolute atomic E-state index is 7.05. The normalized spacial score (nSPS) is 13.3. The fourth-order valence-corrected chi connectivity index (χ4v) is 7.47. The van der Waals surface area contributed by atoms with Crippen molar-refractivity contribution < 1.29 is 13.6 Å². The van der Waals surface area contributed by atoms with Gasteiger partial charge >= 0.3 is 8.60 Å². The third-order valence-corrected chi connectivity index (χ3v) is 10.7. The number of fused-ring (bicyclic) bond motifs is 2. The molecule has 0 spiro atoms. The standard InChI is InChI=1S/C47H61O3P/c1-30-17-22-40(37(23-30)45(8,9)10)48-51(49-41-28-31-18-20-35(43(2,3)4)24-33(31)26-38(41)46(11,12)13)50-42-29-32-19-21-36(44(5,6)7)25-34(32)27-39(42)47(14,15)16/h17-29H,1-16H3. The zero-order valence-electron chi connectivity index (χ0n) is 34.2. The molecule has 0 radical (unpaired) electrons. The number of benzene rings is 5. The van der Waals surface area contributed by atoms with Gasteiger partial charge in [-0.3, -0.25) is 0 Å². The summed E-state index contributed by atoms with van der Waals surface area (Å²) < 4.78 is 21.0. The number of aryl methyl sites for hydroxylation is 1. The highest BCUT2D eigenvalue weighted by Crippen LogP contribution is 2.50. The third-order valence-electron chi connectivity index (χ3n) is 9.69. The van der Waals surface area contributed by atoms with Gasteiger partial charge in [-0.1, -0.05) is 158 Å². The molecule has 0 heterocycles. The second-order valence-corrected chi connectivity index (χ2v) is 20.6. The monoisotopic (exact) mass is 704 g/mol. The summed E-state index contributed by atoms with van der Waals surface area (Å²) in [5, 5.41) is 4.67. The lowest BCUT2D eigenvalue weighted by Gasteiger charge is -2.29. The van der Waals surface area contributed by atoms with E-state index in [4.69, 9.17) is 13.6 Å². The van der Waals surface area contributed by atoms with E-state index in [0.29, 0.717) is 0 Å². The molecule has 0 fully saturated rings. The molecule has 3 nitrogen and oxygen atoms in total. The van der Waals surface area contributed by atoms with Crippen molar-refractivity contribution in [1.82, 2.24) is 0 Å². The summed E-state index contributed by atoms with van der Waals surface area (Å²) in [6, 6.07) is 28.8. The maximum Gasteiger partial charge on any atom is 0.530 e. The van der Waals surface area contributed by atoms with E-state index in [0.717, 1.165) is 44.7 Å². The average molecular weight is 705 g/mol. The van der Waals surface area contributed by atoms with Crippen LogP contribution in [0.5, 0.6) is 17.2 Å². The van der Waals surface area contributed by atoms with E-state index >= 15 is 0 Å². The van der Waals surface area contributed by atoms with Crippen LogP contribution in [-0.4, -0.2) is 0 Å². The predicted molar refractivity (Wildman–Crippen MR) is 221 cm³/mol. The first-order valence-corrected chi connectivity index (χ1v) is 19.5. The second kappa shape index (κ2) is 13.5. The Labute approximate surface area is 310 Å². The smallest absolute Gasteiger partial charge is 0.408 e. The van der Waals surface area contributed by atoms with E-state index in [9.17, 15) is 0 Å². The lowest BCUT2D eigenvalue weighted by molar-refractivity contribution is 0.373. The summed E-state index contributed by atoms with van der Waals surface area (Å²) in [5.41, 5.74) is 6.76. The quantitative estimate of drug-likeness (QED) is 0.165. The van der Waals surface area contributed by atoms with Crippen molar-refractivity contribution in [2.75, 3.05) is 0 Å². The topological polar surface area (TPSA) is 27.7 Å². The van der Waals surface area contributed by atoms with Gasteiger partial charge in [0.25, 0.3) is 0 Å². The first-order chi connectivity index (χ1) is 23.3. The summed E-state index contributed by atoms with van der Waals surface area (Å²) >= 11 is 0. The van der Waals surface area contributed by atoms with Crippen LogP contribution in [0, 0.1) is 6.92 Å². The van der Waals surface area contributed by atoms with Crippen LogP contribution >= 0.6 is 8.60 Å². The van der Waals surface area contributed by atoms with Gasteiger partial charge in [0, 0.05) is 16.7 Å². The van der Waals surface area contributed by atoms with E-state index in [1.807, 2.05) is 0 Å². The van der Waals surface area contributed by atoms with Gasteiger partial charge < -0.3 is 13.6 Å². The molecular formula is C47H61O3P. The molecule has 0 atom stereocenters. The minimum atomic E-state index is -1.95. The van der Waals surface area contributed by atoms with E-state index in [1.165, 1.54) is 27.5 Å². The van der Waals surface area contributed by atoms with Gasteiger partial charge in [-0.15, -0.1) is 0 Å². The van der Waals surface area contributed by atoms with Crippen LogP contribution in [0.25, 0.3) is 21.5 Å². The SMILES string of the molecule is Cc1ccc(OP(Oc2cc3ccc(C(C)(C)C)cc3cc2C(C)(C)C)Oc2cc3ccc(C(C)(C)C)cc3cc2C(C)(C)C)c(C(C)(C)C)c1. The van der Waals surface area contributed by atoms with Gasteiger partial charge in [0.15, 0.2) is 0 Å². The third kappa shape index (κ3) is 8.92. The zero-order valence-corrected chi connectivity index (χ0v) is 35.1. The molecule has 0 amide bonds. The lowest BCUT2D eigenvalue weighted by Crippen LogP contribution is -2.17. The Morgan fingerprint density at radius 2 is 0.725 bits per heavy atom. The Kier molecular flexibility index (Phi) is 10.2. The Morgan fingerprint density at radius 1 is 0.353 bits per heavy atom. The molecule has 0 saturated carbocycles. The summed E-state index contributed by atoms with van der Waals surface area (Å²) in [4.78, 5) is 0. The van der Waals surface area contributed by atoms with Crippen LogP contribution in [0.1, 0.15) is 137 Å². The van der Waals surface area contributed by atoms with Crippen LogP contribution < -0.4 is 13.6 Å². The molecule has 5 rings (SSSR count). The highest BCUT2D eigenvalue weighted by Gasteiger charge is 2.31. The molecule has 0 aromatic heterocycles. The highest BCUT2D eigenvalue weighted by atomic mass is 31.2. The van der Waals surface area contributed by atoms with Gasteiger partial charge in [0.05, 0.1) is 0 Å². The highest BCUT2D eigenvalue weighted by molar-refractivity contribution is 7.43. The van der Waals surface area contributed by atoms with E-state index in [-0.39, 0.29) is 27.1 Å². The molecule has 4 heteroatoms. The van der Waals surface area contributed by atoms with Crippen molar-refractivity contribution in [2.24, 2.45) is 0 Å². The van der Waals surface area contributed by atoms with Crippen molar-refractivity contribution in [1.29, 1.82) is 0 Å². The summed E-state index contributed by atoms with van der Waals surface area (Å²) in [5.74, 6) is 2.34. The van der Waals surface area contributed by atoms with Gasteiger partial charge in [-0.05, 0) is 97.0 Å². The minimum absolute atomic E-state index is 0.0546. The predicted octanol–water partition coefficient (Wildman–Crippen LogP) is 14.6. The lowest BCUT2D eigenvalue weighted by atomic mass is 9.83. The Hall–Kier alpha value is -3.55. The first-order valence-electron chi connectivity index (χ1n) is 18.4. The fourth-order valence-electron chi connectivity index (χ4n) is 6.42. The zero-order chi connectivity index (χ0) is 37.9. The first kappa shape index (κ1) is 38.7. The fraction of sp³-hybridized carbons (Fsp3) is 0.447. The molecule has 5 aromatic carbocycles. The molecule has 0 bridgehead atoms. The summed E-state index contributed by atoms with van der Waals surface area (Å²) in [6.07, 6.45) is 0. The molecule has 272 valence electrons.